The molecule has 148 valence electrons. The summed E-state index contributed by atoms with van der Waals surface area (Å²) in [5.74, 6) is 0. The van der Waals surface area contributed by atoms with Crippen LogP contribution in [0.2, 0.25) is 0 Å². The van der Waals surface area contributed by atoms with Crippen molar-refractivity contribution in [1.29, 1.82) is 0 Å². The average molecular weight is 409 g/mol. The van der Waals surface area contributed by atoms with E-state index in [4.69, 9.17) is 4.42 Å². The third-order valence-corrected chi connectivity index (χ3v) is 6.66. The van der Waals surface area contributed by atoms with Crippen LogP contribution >= 0.6 is 0 Å². The van der Waals surface area contributed by atoms with Gasteiger partial charge in [0.2, 0.25) is 0 Å². The van der Waals surface area contributed by atoms with E-state index in [9.17, 15) is 0 Å². The molecule has 4 heteroatoms. The smallest absolute Gasteiger partial charge is 0.180 e. The quantitative estimate of drug-likeness (QED) is 0.288. The van der Waals surface area contributed by atoms with Gasteiger partial charge in [-0.1, -0.05) is 60.7 Å². The monoisotopic (exact) mass is 409 g/mol. The fourth-order valence-corrected chi connectivity index (χ4v) is 5.31. The first kappa shape index (κ1) is 16.3. The maximum absolute atomic E-state index is 6.20. The molecule has 0 amide bonds. The van der Waals surface area contributed by atoms with E-state index in [0.717, 1.165) is 33.3 Å². The minimum Gasteiger partial charge on any atom is -0.452 e. The molecule has 0 aliphatic carbocycles. The van der Waals surface area contributed by atoms with E-state index in [1.165, 1.54) is 38.1 Å². The van der Waals surface area contributed by atoms with Gasteiger partial charge in [-0.05, 0) is 24.3 Å². The third-order valence-electron chi connectivity index (χ3n) is 6.66. The standard InChI is InChI=1S/C28H15N3O/c1-3-10-22-17(6-1)19-8-5-9-20-18-13-12-16(14-23(18)31(22)27(19)20)25-28-26(30-15-29-25)21-7-2-4-11-24(21)32-28/h1-15H. The zero-order valence-corrected chi connectivity index (χ0v) is 16.9. The summed E-state index contributed by atoms with van der Waals surface area (Å²) >= 11 is 0. The molecule has 0 aliphatic heterocycles. The zero-order valence-electron chi connectivity index (χ0n) is 16.9. The van der Waals surface area contributed by atoms with Crippen LogP contribution in [-0.4, -0.2) is 14.4 Å². The highest BCUT2D eigenvalue weighted by molar-refractivity contribution is 6.23. The Morgan fingerprint density at radius 3 is 2.28 bits per heavy atom. The summed E-state index contributed by atoms with van der Waals surface area (Å²) in [6.07, 6.45) is 1.63. The van der Waals surface area contributed by atoms with E-state index in [2.05, 4.69) is 75.0 Å². The Balaban J connectivity index is 1.52. The lowest BCUT2D eigenvalue weighted by atomic mass is 10.0. The van der Waals surface area contributed by atoms with Crippen LogP contribution in [0.15, 0.2) is 95.7 Å². The number of para-hydroxylation sites is 3. The minimum absolute atomic E-state index is 0.728. The molecule has 4 heterocycles. The molecular weight excluding hydrogens is 394 g/mol. The van der Waals surface area contributed by atoms with E-state index in [1.54, 1.807) is 6.33 Å². The molecule has 8 rings (SSSR count). The summed E-state index contributed by atoms with van der Waals surface area (Å²) in [6, 6.07) is 29.8. The van der Waals surface area contributed by atoms with E-state index in [0.29, 0.717) is 0 Å². The van der Waals surface area contributed by atoms with Crippen molar-refractivity contribution in [1.82, 2.24) is 14.4 Å². The molecule has 4 nitrogen and oxygen atoms in total. The SMILES string of the molecule is c1ccc2c(c1)oc1c(-c3ccc4c5cccc6c7ccccc7n(c4c3)c65)ncnc12. The molecule has 0 fully saturated rings. The van der Waals surface area contributed by atoms with Gasteiger partial charge in [0, 0.05) is 32.5 Å². The zero-order chi connectivity index (χ0) is 20.8. The summed E-state index contributed by atoms with van der Waals surface area (Å²) in [5, 5.41) is 6.10. The second kappa shape index (κ2) is 5.62. The van der Waals surface area contributed by atoms with E-state index >= 15 is 0 Å². The molecule has 0 aliphatic rings. The second-order valence-corrected chi connectivity index (χ2v) is 8.28. The van der Waals surface area contributed by atoms with Gasteiger partial charge in [0.25, 0.3) is 0 Å². The predicted octanol–water partition coefficient (Wildman–Crippen LogP) is 7.19. The number of fused-ring (bicyclic) bond motifs is 9. The topological polar surface area (TPSA) is 43.3 Å². The fourth-order valence-electron chi connectivity index (χ4n) is 5.31. The summed E-state index contributed by atoms with van der Waals surface area (Å²) in [4.78, 5) is 9.15. The van der Waals surface area contributed by atoms with E-state index in [1.807, 2.05) is 24.3 Å². The Morgan fingerprint density at radius 1 is 0.625 bits per heavy atom. The number of benzene rings is 4. The van der Waals surface area contributed by atoms with Crippen LogP contribution in [0.25, 0.3) is 71.4 Å². The van der Waals surface area contributed by atoms with Crippen molar-refractivity contribution in [2.24, 2.45) is 0 Å². The lowest BCUT2D eigenvalue weighted by Gasteiger charge is -2.03. The van der Waals surface area contributed by atoms with Crippen LogP contribution < -0.4 is 0 Å². The predicted molar refractivity (Wildman–Crippen MR) is 129 cm³/mol. The van der Waals surface area contributed by atoms with Crippen LogP contribution in [0, 0.1) is 0 Å². The van der Waals surface area contributed by atoms with Crippen LogP contribution in [0.4, 0.5) is 0 Å². The molecule has 0 saturated carbocycles. The first-order valence-corrected chi connectivity index (χ1v) is 10.7. The molecule has 0 spiro atoms. The first-order valence-electron chi connectivity index (χ1n) is 10.7. The van der Waals surface area contributed by atoms with Crippen molar-refractivity contribution in [3.05, 3.63) is 91.3 Å². The number of hydrogen-bond donors (Lipinski definition) is 0. The van der Waals surface area contributed by atoms with Gasteiger partial charge >= 0.3 is 0 Å². The van der Waals surface area contributed by atoms with Gasteiger partial charge in [0.05, 0.1) is 16.6 Å². The second-order valence-electron chi connectivity index (χ2n) is 8.28. The van der Waals surface area contributed by atoms with Gasteiger partial charge in [0.15, 0.2) is 5.58 Å². The average Bonchev–Trinajstić information content (AvgIpc) is 3.50. The number of hydrogen-bond acceptors (Lipinski definition) is 3. The maximum atomic E-state index is 6.20. The third kappa shape index (κ3) is 1.88. The Labute approximate surface area is 181 Å². The highest BCUT2D eigenvalue weighted by atomic mass is 16.3. The van der Waals surface area contributed by atoms with Gasteiger partial charge in [-0.15, -0.1) is 0 Å². The molecule has 0 atom stereocenters. The largest absolute Gasteiger partial charge is 0.452 e. The molecule has 0 bridgehead atoms. The molecule has 0 N–H and O–H groups in total. The Bertz CT molecular complexity index is 1990. The normalized spacial score (nSPS) is 12.4. The molecule has 0 unspecified atom stereocenters. The maximum Gasteiger partial charge on any atom is 0.180 e. The number of rotatable bonds is 1. The first-order chi connectivity index (χ1) is 15.9. The minimum atomic E-state index is 0.728. The number of aromatic nitrogens is 3. The van der Waals surface area contributed by atoms with Gasteiger partial charge in [-0.3, -0.25) is 0 Å². The van der Waals surface area contributed by atoms with Crippen molar-refractivity contribution < 1.29 is 4.42 Å². The van der Waals surface area contributed by atoms with Crippen LogP contribution in [0.5, 0.6) is 0 Å². The molecule has 0 saturated heterocycles. The van der Waals surface area contributed by atoms with Gasteiger partial charge in [0.1, 0.15) is 23.1 Å². The summed E-state index contributed by atoms with van der Waals surface area (Å²) in [7, 11) is 0. The highest BCUT2D eigenvalue weighted by Crippen LogP contribution is 2.40. The number of nitrogens with zero attached hydrogens (tertiary/aromatic N) is 3. The molecule has 4 aromatic carbocycles. The molecular formula is C28H15N3O. The van der Waals surface area contributed by atoms with Gasteiger partial charge in [-0.25, -0.2) is 9.97 Å². The van der Waals surface area contributed by atoms with Crippen LogP contribution in [0.3, 0.4) is 0 Å². The van der Waals surface area contributed by atoms with Crippen molar-refractivity contribution in [3.8, 4) is 11.3 Å². The number of furan rings is 1. The summed E-state index contributed by atoms with van der Waals surface area (Å²) < 4.78 is 8.59. The lowest BCUT2D eigenvalue weighted by Crippen LogP contribution is -1.88. The van der Waals surface area contributed by atoms with Crippen molar-refractivity contribution in [3.63, 3.8) is 0 Å². The van der Waals surface area contributed by atoms with Gasteiger partial charge in [-0.2, -0.15) is 0 Å². The highest BCUT2D eigenvalue weighted by Gasteiger charge is 2.19. The van der Waals surface area contributed by atoms with Crippen LogP contribution in [0.1, 0.15) is 0 Å². The van der Waals surface area contributed by atoms with Crippen molar-refractivity contribution >= 4 is 60.2 Å². The lowest BCUT2D eigenvalue weighted by molar-refractivity contribution is 0.667. The van der Waals surface area contributed by atoms with E-state index in [-0.39, 0.29) is 0 Å². The Morgan fingerprint density at radius 2 is 1.38 bits per heavy atom. The molecule has 0 radical (unpaired) electrons. The fraction of sp³-hybridized carbons (Fsp3) is 0. The van der Waals surface area contributed by atoms with Gasteiger partial charge < -0.3 is 8.82 Å². The Hall–Kier alpha value is -4.44. The summed E-state index contributed by atoms with van der Waals surface area (Å²) in [6.45, 7) is 0. The molecule has 8 aromatic rings. The van der Waals surface area contributed by atoms with Crippen molar-refractivity contribution in [2.75, 3.05) is 0 Å². The van der Waals surface area contributed by atoms with Crippen LogP contribution in [-0.2, 0) is 0 Å². The molecule has 4 aromatic heterocycles. The van der Waals surface area contributed by atoms with E-state index < -0.39 is 0 Å². The van der Waals surface area contributed by atoms with Crippen molar-refractivity contribution in [2.45, 2.75) is 0 Å². The summed E-state index contributed by atoms with van der Waals surface area (Å²) in [5.41, 5.74) is 7.93. The molecule has 32 heavy (non-hydrogen) atoms. The Kier molecular flexibility index (Phi) is 2.86.